The minimum absolute atomic E-state index is 0.371. The first-order valence-corrected chi connectivity index (χ1v) is 7.07. The molecule has 116 valence electrons. The maximum Gasteiger partial charge on any atom is 0.339 e. The van der Waals surface area contributed by atoms with Gasteiger partial charge in [-0.3, -0.25) is 0 Å². The molecule has 6 nitrogen and oxygen atoms in total. The van der Waals surface area contributed by atoms with Crippen molar-refractivity contribution in [3.8, 4) is 0 Å². The van der Waals surface area contributed by atoms with Crippen LogP contribution in [0.25, 0.3) is 0 Å². The highest BCUT2D eigenvalue weighted by molar-refractivity contribution is 9.10. The van der Waals surface area contributed by atoms with E-state index >= 15 is 0 Å². The van der Waals surface area contributed by atoms with E-state index in [0.29, 0.717) is 17.3 Å². The maximum atomic E-state index is 12.7. The van der Waals surface area contributed by atoms with E-state index in [2.05, 4.69) is 31.8 Å². The molecule has 1 aromatic carbocycles. The van der Waals surface area contributed by atoms with Gasteiger partial charge in [-0.1, -0.05) is 0 Å². The number of halogens is 2. The van der Waals surface area contributed by atoms with Gasteiger partial charge in [-0.2, -0.15) is 5.10 Å². The van der Waals surface area contributed by atoms with Gasteiger partial charge in [0.2, 0.25) is 5.88 Å². The number of amides is 2. The Morgan fingerprint density at radius 1 is 1.36 bits per heavy atom. The van der Waals surface area contributed by atoms with Gasteiger partial charge in [-0.25, -0.2) is 14.6 Å². The van der Waals surface area contributed by atoms with Gasteiger partial charge in [-0.15, -0.1) is 0 Å². The van der Waals surface area contributed by atoms with Crippen molar-refractivity contribution >= 4 is 39.7 Å². The number of carbonyl (C=O) groups is 1. The number of rotatable bonds is 4. The summed E-state index contributed by atoms with van der Waals surface area (Å²) in [6.07, 6.45) is 1.38. The van der Waals surface area contributed by atoms with Crippen LogP contribution in [0.4, 0.5) is 20.8 Å². The Labute approximate surface area is 135 Å². The van der Waals surface area contributed by atoms with Gasteiger partial charge in [0.15, 0.2) is 5.76 Å². The molecule has 2 rings (SSSR count). The lowest BCUT2D eigenvalue weighted by atomic mass is 10.3. The van der Waals surface area contributed by atoms with Crippen LogP contribution in [0.1, 0.15) is 5.76 Å². The number of furan rings is 1. The van der Waals surface area contributed by atoms with E-state index in [1.807, 2.05) is 14.1 Å². The van der Waals surface area contributed by atoms with Gasteiger partial charge in [0.25, 0.3) is 0 Å². The molecule has 1 aromatic heterocycles. The van der Waals surface area contributed by atoms with Crippen LogP contribution < -0.4 is 15.6 Å². The summed E-state index contributed by atoms with van der Waals surface area (Å²) < 4.78 is 19.0. The summed E-state index contributed by atoms with van der Waals surface area (Å²) in [5.74, 6) is 0.763. The molecule has 0 unspecified atom stereocenters. The zero-order chi connectivity index (χ0) is 16.1. The Bertz CT molecular complexity index is 683. The molecule has 22 heavy (non-hydrogen) atoms. The molecule has 2 amide bonds. The average molecular weight is 369 g/mol. The van der Waals surface area contributed by atoms with Crippen LogP contribution in [-0.2, 0) is 0 Å². The highest BCUT2D eigenvalue weighted by atomic mass is 79.9. The van der Waals surface area contributed by atoms with Crippen LogP contribution >= 0.6 is 15.9 Å². The SMILES string of the molecule is CN(C)c1oc(/C=N/NC(=O)Nc2ccc(F)cc2)cc1Br. The van der Waals surface area contributed by atoms with Gasteiger partial charge in [0.1, 0.15) is 5.82 Å². The summed E-state index contributed by atoms with van der Waals surface area (Å²) in [6, 6.07) is 6.60. The van der Waals surface area contributed by atoms with Gasteiger partial charge >= 0.3 is 6.03 Å². The first-order valence-electron chi connectivity index (χ1n) is 6.28. The van der Waals surface area contributed by atoms with Crippen molar-refractivity contribution in [1.82, 2.24) is 5.43 Å². The quantitative estimate of drug-likeness (QED) is 0.641. The number of anilines is 2. The smallest absolute Gasteiger partial charge is 0.339 e. The van der Waals surface area contributed by atoms with Crippen molar-refractivity contribution in [3.05, 3.63) is 46.4 Å². The number of carbonyl (C=O) groups excluding carboxylic acids is 1. The zero-order valence-electron chi connectivity index (χ0n) is 11.9. The normalized spacial score (nSPS) is 10.7. The van der Waals surface area contributed by atoms with E-state index in [-0.39, 0.29) is 5.82 Å². The Morgan fingerprint density at radius 2 is 2.05 bits per heavy atom. The number of nitrogens with one attached hydrogen (secondary N) is 2. The van der Waals surface area contributed by atoms with E-state index in [1.165, 1.54) is 30.5 Å². The van der Waals surface area contributed by atoms with E-state index < -0.39 is 6.03 Å². The van der Waals surface area contributed by atoms with E-state index in [9.17, 15) is 9.18 Å². The second-order valence-electron chi connectivity index (χ2n) is 4.53. The first kappa shape index (κ1) is 16.0. The summed E-state index contributed by atoms with van der Waals surface area (Å²) in [4.78, 5) is 13.4. The van der Waals surface area contributed by atoms with Gasteiger partial charge < -0.3 is 14.6 Å². The van der Waals surface area contributed by atoms with Crippen LogP contribution in [-0.4, -0.2) is 26.3 Å². The predicted molar refractivity (Wildman–Crippen MR) is 86.9 cm³/mol. The highest BCUT2D eigenvalue weighted by Gasteiger charge is 2.09. The Balaban J connectivity index is 1.90. The molecule has 0 aliphatic rings. The van der Waals surface area contributed by atoms with Crippen LogP contribution in [0.5, 0.6) is 0 Å². The Morgan fingerprint density at radius 3 is 2.64 bits per heavy atom. The van der Waals surface area contributed by atoms with Crippen molar-refractivity contribution in [2.45, 2.75) is 0 Å². The monoisotopic (exact) mass is 368 g/mol. The van der Waals surface area contributed by atoms with E-state index in [1.54, 1.807) is 11.0 Å². The fourth-order valence-corrected chi connectivity index (χ4v) is 2.25. The number of hydrogen-bond acceptors (Lipinski definition) is 4. The number of hydrogen-bond donors (Lipinski definition) is 2. The van der Waals surface area contributed by atoms with Crippen molar-refractivity contribution in [3.63, 3.8) is 0 Å². The topological polar surface area (TPSA) is 69.9 Å². The van der Waals surface area contributed by atoms with Crippen molar-refractivity contribution in [1.29, 1.82) is 0 Å². The van der Waals surface area contributed by atoms with E-state index in [0.717, 1.165) is 4.47 Å². The molecule has 0 atom stereocenters. The number of urea groups is 1. The molecule has 8 heteroatoms. The molecule has 0 aliphatic carbocycles. The lowest BCUT2D eigenvalue weighted by Crippen LogP contribution is -2.24. The van der Waals surface area contributed by atoms with Crippen LogP contribution in [0, 0.1) is 5.82 Å². The average Bonchev–Trinajstić information content (AvgIpc) is 2.83. The Kier molecular flexibility index (Phi) is 5.16. The van der Waals surface area contributed by atoms with Crippen LogP contribution in [0.3, 0.4) is 0 Å². The molecule has 1 heterocycles. The Hall–Kier alpha value is -2.35. The minimum Gasteiger partial charge on any atom is -0.438 e. The summed E-state index contributed by atoms with van der Waals surface area (Å²) in [6.45, 7) is 0. The molecule has 0 bridgehead atoms. The molecule has 0 saturated carbocycles. The minimum atomic E-state index is -0.540. The van der Waals surface area contributed by atoms with Gasteiger partial charge in [0.05, 0.1) is 10.7 Å². The third-order valence-electron chi connectivity index (χ3n) is 2.55. The van der Waals surface area contributed by atoms with Gasteiger partial charge in [0, 0.05) is 25.8 Å². The molecule has 0 saturated heterocycles. The van der Waals surface area contributed by atoms with Crippen LogP contribution in [0.15, 0.2) is 44.3 Å². The number of benzene rings is 1. The van der Waals surface area contributed by atoms with E-state index in [4.69, 9.17) is 4.42 Å². The van der Waals surface area contributed by atoms with Crippen molar-refractivity contribution < 1.29 is 13.6 Å². The fourth-order valence-electron chi connectivity index (χ4n) is 1.59. The molecular formula is C14H14BrFN4O2. The lowest BCUT2D eigenvalue weighted by molar-refractivity contribution is 0.252. The van der Waals surface area contributed by atoms with Crippen molar-refractivity contribution in [2.75, 3.05) is 24.3 Å². The zero-order valence-corrected chi connectivity index (χ0v) is 13.5. The van der Waals surface area contributed by atoms with Crippen LogP contribution in [0.2, 0.25) is 0 Å². The first-order chi connectivity index (χ1) is 10.5. The summed E-state index contributed by atoms with van der Waals surface area (Å²) >= 11 is 3.36. The fraction of sp³-hybridized carbons (Fsp3) is 0.143. The molecule has 0 radical (unpaired) electrons. The molecular weight excluding hydrogens is 355 g/mol. The molecule has 0 aliphatic heterocycles. The third kappa shape index (κ3) is 4.32. The molecule has 2 N–H and O–H groups in total. The standard InChI is InChI=1S/C14H14BrFN4O2/c1-20(2)13-12(15)7-11(22-13)8-17-19-14(21)18-10-5-3-9(16)4-6-10/h3-8H,1-2H3,(H2,18,19,21)/b17-8+. The molecule has 0 fully saturated rings. The van der Waals surface area contributed by atoms with Crippen molar-refractivity contribution in [2.24, 2.45) is 5.10 Å². The molecule has 2 aromatic rings. The molecule has 0 spiro atoms. The maximum absolute atomic E-state index is 12.7. The van der Waals surface area contributed by atoms with Gasteiger partial charge in [-0.05, 0) is 40.2 Å². The second kappa shape index (κ2) is 7.08. The number of hydrazone groups is 1. The lowest BCUT2D eigenvalue weighted by Gasteiger charge is -2.07. The third-order valence-corrected chi connectivity index (χ3v) is 3.12. The summed E-state index contributed by atoms with van der Waals surface area (Å²) in [7, 11) is 3.69. The summed E-state index contributed by atoms with van der Waals surface area (Å²) in [5.41, 5.74) is 2.75. The largest absolute Gasteiger partial charge is 0.438 e. The number of nitrogens with zero attached hydrogens (tertiary/aromatic N) is 2. The highest BCUT2D eigenvalue weighted by Crippen LogP contribution is 2.27. The predicted octanol–water partition coefficient (Wildman–Crippen LogP) is 3.40. The second-order valence-corrected chi connectivity index (χ2v) is 5.38. The summed E-state index contributed by atoms with van der Waals surface area (Å²) in [5, 5.41) is 6.29.